The smallest absolute Gasteiger partial charge is 0.324 e. The van der Waals surface area contributed by atoms with E-state index in [1.807, 2.05) is 53.2 Å². The normalized spacial score (nSPS) is 20.3. The van der Waals surface area contributed by atoms with Gasteiger partial charge in [0.2, 0.25) is 5.91 Å². The van der Waals surface area contributed by atoms with E-state index in [2.05, 4.69) is 71.0 Å². The van der Waals surface area contributed by atoms with Crippen LogP contribution in [0, 0.1) is 28.1 Å². The maximum atomic E-state index is 14.8. The minimum Gasteiger partial charge on any atom is -0.508 e. The van der Waals surface area contributed by atoms with Gasteiger partial charge in [-0.1, -0.05) is 45.7 Å². The monoisotopic (exact) mass is 975 g/mol. The van der Waals surface area contributed by atoms with Crippen molar-refractivity contribution in [1.82, 2.24) is 40.1 Å². The second-order valence-corrected chi connectivity index (χ2v) is 20.7. The van der Waals surface area contributed by atoms with Gasteiger partial charge >= 0.3 is 5.97 Å². The van der Waals surface area contributed by atoms with Crippen LogP contribution in [0.1, 0.15) is 96.2 Å². The molecule has 3 aliphatic heterocycles. The van der Waals surface area contributed by atoms with Gasteiger partial charge in [0, 0.05) is 74.2 Å². The van der Waals surface area contributed by atoms with Gasteiger partial charge in [0.05, 0.1) is 42.6 Å². The number of hydrazine groups is 2. The van der Waals surface area contributed by atoms with Gasteiger partial charge in [0.1, 0.15) is 22.7 Å². The lowest BCUT2D eigenvalue weighted by molar-refractivity contribution is -0.732. The number of hydrogen-bond donors (Lipinski definition) is 3. The molecule has 17 heteroatoms. The molecule has 0 saturated carbocycles. The first-order valence-electron chi connectivity index (χ1n) is 24.8. The average Bonchev–Trinajstić information content (AvgIpc) is 3.95. The number of carbonyl (C=O) groups is 4. The quantitative estimate of drug-likeness (QED) is 0.0675. The third-order valence-corrected chi connectivity index (χ3v) is 13.9. The number of phenols is 1. The first-order valence-corrected chi connectivity index (χ1v) is 24.8. The molecule has 7 rings (SSSR count). The standard InChI is InChI=1S/C54H71N9O8/c1-12-15-47(65)60-21-19-39(31-60)63(69)59(10)49(33(3)4)51(66)56-45-25-35-22-38(26-40(64)23-35)37-17-18-46-41(27-37)43(28-54(6,7)32-71-53(68)44-16-14-20-62(57-44)52(45)67)50(61(46)13-2)42-24-36(30-58(8)9)29-55-48(42)34(5)70-11/h17-18,22-24,26-27,29,33-34,39,44-45,49,57H,13-14,16,19-21,25,28,30-32H2,1-11H3,(H-,56,64,66)/p+1/t34-,39-,44-,45?,49-/m0/s1. The summed E-state index contributed by atoms with van der Waals surface area (Å²) >= 11 is 0. The van der Waals surface area contributed by atoms with E-state index in [-0.39, 0.29) is 49.8 Å². The van der Waals surface area contributed by atoms with Crippen molar-refractivity contribution in [3.63, 3.8) is 0 Å². The highest BCUT2D eigenvalue weighted by Gasteiger charge is 2.45. The first-order chi connectivity index (χ1) is 33.7. The van der Waals surface area contributed by atoms with Crippen molar-refractivity contribution in [1.29, 1.82) is 0 Å². The number of nitrogens with zero attached hydrogens (tertiary/aromatic N) is 7. The molecule has 2 fully saturated rings. The van der Waals surface area contributed by atoms with Crippen LogP contribution in [0.5, 0.6) is 5.75 Å². The van der Waals surface area contributed by atoms with E-state index < -0.39 is 47.4 Å². The zero-order valence-corrected chi connectivity index (χ0v) is 43.3. The molecule has 6 bridgehead atoms. The Morgan fingerprint density at radius 1 is 1.07 bits per heavy atom. The number of fused-ring (bicyclic) bond motifs is 6. The molecular weight excluding hydrogens is 903 g/mol. The van der Waals surface area contributed by atoms with Crippen molar-refractivity contribution in [2.75, 3.05) is 54.5 Å². The predicted molar refractivity (Wildman–Crippen MR) is 271 cm³/mol. The lowest BCUT2D eigenvalue weighted by atomic mass is 9.84. The maximum absolute atomic E-state index is 14.8. The Bertz CT molecular complexity index is 2740. The second kappa shape index (κ2) is 22.0. The number of hydrogen-bond acceptors (Lipinski definition) is 11. The van der Waals surface area contributed by atoms with Crippen LogP contribution in [0.4, 0.5) is 0 Å². The van der Waals surface area contributed by atoms with Crippen LogP contribution in [0.3, 0.4) is 0 Å². The number of likely N-dealkylation sites (N-methyl/N-ethyl adjacent to an activating group) is 1. The maximum Gasteiger partial charge on any atom is 0.324 e. The minimum atomic E-state index is -1.19. The highest BCUT2D eigenvalue weighted by molar-refractivity contribution is 5.96. The average molecular weight is 975 g/mol. The molecule has 17 nitrogen and oxygen atoms in total. The number of pyridine rings is 1. The SMILES string of the molecule is CC#CC(=O)N1CC[C@H]([N+](=O)N(C)[C@H](C(=O)NC2Cc3cc(O)cc(c3)-c3ccc4c(c3)c(c(-c3cc(CN(C)C)cnc3[C@H](C)OC)n4CC)CC(C)(C)COC(=O)[C@@H]3CCCN(N3)C2=O)C(C)C)C1. The number of ether oxygens (including phenoxy) is 2. The summed E-state index contributed by atoms with van der Waals surface area (Å²) in [6.45, 7) is 15.7. The third kappa shape index (κ3) is 11.6. The molecule has 1 unspecified atom stereocenters. The van der Waals surface area contributed by atoms with E-state index in [0.29, 0.717) is 56.4 Å². The number of likely N-dealkylation sites (tertiary alicyclic amines) is 1. The van der Waals surface area contributed by atoms with Gasteiger partial charge < -0.3 is 34.3 Å². The summed E-state index contributed by atoms with van der Waals surface area (Å²) in [4.78, 5) is 79.3. The lowest BCUT2D eigenvalue weighted by Gasteiger charge is -2.36. The first kappa shape index (κ1) is 52.5. The molecule has 0 aliphatic carbocycles. The number of aromatic hydroxyl groups is 1. The molecular formula is C54H72N9O8+. The van der Waals surface area contributed by atoms with Crippen LogP contribution in [0.25, 0.3) is 33.3 Å². The summed E-state index contributed by atoms with van der Waals surface area (Å²) in [5.41, 5.74) is 10.6. The molecule has 2 aromatic heterocycles. The summed E-state index contributed by atoms with van der Waals surface area (Å²) in [7, 11) is 7.29. The number of aromatic nitrogens is 2. The van der Waals surface area contributed by atoms with Gasteiger partial charge in [-0.2, -0.15) is 0 Å². The van der Waals surface area contributed by atoms with Crippen molar-refractivity contribution in [2.45, 2.75) is 124 Å². The number of aryl methyl sites for hydroxylation is 1. The number of rotatable bonds is 12. The fourth-order valence-corrected chi connectivity index (χ4v) is 10.4. The van der Waals surface area contributed by atoms with Crippen molar-refractivity contribution in [3.8, 4) is 40.0 Å². The van der Waals surface area contributed by atoms with Crippen LogP contribution in [-0.4, -0.2) is 142 Å². The van der Waals surface area contributed by atoms with Crippen LogP contribution < -0.4 is 10.7 Å². The Labute approximate surface area is 417 Å². The number of nitroso groups, excluding NO2 is 1. The summed E-state index contributed by atoms with van der Waals surface area (Å²) in [6, 6.07) is 10.1. The lowest BCUT2D eigenvalue weighted by Crippen LogP contribution is -2.62. The Kier molecular flexibility index (Phi) is 16.2. The van der Waals surface area contributed by atoms with Gasteiger partial charge in [-0.3, -0.25) is 29.2 Å². The topological polar surface area (TPSA) is 182 Å². The van der Waals surface area contributed by atoms with Crippen molar-refractivity contribution in [3.05, 3.63) is 76.0 Å². The van der Waals surface area contributed by atoms with E-state index in [1.165, 1.54) is 14.9 Å². The van der Waals surface area contributed by atoms with E-state index >= 15 is 0 Å². The van der Waals surface area contributed by atoms with Crippen molar-refractivity contribution >= 4 is 34.6 Å². The van der Waals surface area contributed by atoms with Crippen LogP contribution in [-0.2, 0) is 54.6 Å². The molecule has 5 heterocycles. The van der Waals surface area contributed by atoms with Crippen molar-refractivity contribution < 1.29 is 38.6 Å². The molecule has 0 spiro atoms. The van der Waals surface area contributed by atoms with Gasteiger partial charge in [-0.05, 0) is 124 Å². The number of phenolic OH excluding ortho intramolecular Hbond substituents is 1. The molecule has 2 aromatic carbocycles. The minimum absolute atomic E-state index is 0.0191. The molecule has 3 N–H and O–H groups in total. The highest BCUT2D eigenvalue weighted by atomic mass is 16.5. The fourth-order valence-electron chi connectivity index (χ4n) is 10.4. The Hall–Kier alpha value is -6.35. The van der Waals surface area contributed by atoms with Gasteiger partial charge in [-0.15, -0.1) is 5.01 Å². The Morgan fingerprint density at radius 2 is 1.83 bits per heavy atom. The van der Waals surface area contributed by atoms with Gasteiger partial charge in [-0.25, -0.2) is 5.43 Å². The zero-order chi connectivity index (χ0) is 51.5. The number of amides is 3. The summed E-state index contributed by atoms with van der Waals surface area (Å²) < 4.78 is 14.4. The number of benzene rings is 2. The zero-order valence-electron chi connectivity index (χ0n) is 43.3. The largest absolute Gasteiger partial charge is 0.508 e. The number of nitrogens with one attached hydrogen (secondary N) is 2. The van der Waals surface area contributed by atoms with Crippen LogP contribution >= 0.6 is 0 Å². The molecule has 3 amide bonds. The van der Waals surface area contributed by atoms with E-state index in [1.54, 1.807) is 33.2 Å². The molecule has 0 radical (unpaired) electrons. The Morgan fingerprint density at radius 3 is 2.52 bits per heavy atom. The highest BCUT2D eigenvalue weighted by Crippen LogP contribution is 2.43. The predicted octanol–water partition coefficient (Wildman–Crippen LogP) is 5.79. The molecule has 71 heavy (non-hydrogen) atoms. The second-order valence-electron chi connectivity index (χ2n) is 20.7. The van der Waals surface area contributed by atoms with E-state index in [4.69, 9.17) is 14.5 Å². The third-order valence-electron chi connectivity index (χ3n) is 13.9. The number of methoxy groups -OCH3 is 1. The summed E-state index contributed by atoms with van der Waals surface area (Å²) in [5, 5.41) is 18.1. The Balaban J connectivity index is 1.32. The number of carbonyl (C=O) groups excluding carboxylic acids is 4. The van der Waals surface area contributed by atoms with Crippen LogP contribution in [0.2, 0.25) is 0 Å². The van der Waals surface area contributed by atoms with E-state index in [9.17, 15) is 29.2 Å². The number of esters is 1. The van der Waals surface area contributed by atoms with E-state index in [0.717, 1.165) is 49.4 Å². The number of cyclic esters (lactones) is 1. The van der Waals surface area contributed by atoms with Crippen LogP contribution in [0.15, 0.2) is 48.7 Å². The summed E-state index contributed by atoms with van der Waals surface area (Å²) in [6.07, 6.45) is 3.43. The molecule has 4 aromatic rings. The fraction of sp³-hybridized carbons (Fsp3) is 0.537. The molecule has 2 saturated heterocycles. The van der Waals surface area contributed by atoms with Gasteiger partial charge in [0.25, 0.3) is 17.9 Å². The summed E-state index contributed by atoms with van der Waals surface area (Å²) in [5.74, 6) is 2.86. The molecule has 3 aliphatic rings. The molecule has 380 valence electrons. The van der Waals surface area contributed by atoms with Crippen molar-refractivity contribution in [2.24, 2.45) is 11.3 Å². The van der Waals surface area contributed by atoms with Gasteiger partial charge in [0.15, 0.2) is 6.04 Å². The molecule has 5 atom stereocenters.